The van der Waals surface area contributed by atoms with Crippen molar-refractivity contribution in [3.63, 3.8) is 0 Å². The van der Waals surface area contributed by atoms with Crippen molar-refractivity contribution in [3.05, 3.63) is 0 Å². The van der Waals surface area contributed by atoms with Gasteiger partial charge in [0.05, 0.1) is 6.61 Å². The molecule has 0 amide bonds. The van der Waals surface area contributed by atoms with Gasteiger partial charge in [0, 0.05) is 5.54 Å². The van der Waals surface area contributed by atoms with Gasteiger partial charge in [-0.3, -0.25) is 0 Å². The zero-order chi connectivity index (χ0) is 8.86. The van der Waals surface area contributed by atoms with E-state index in [4.69, 9.17) is 0 Å². The van der Waals surface area contributed by atoms with Crippen LogP contribution in [0.3, 0.4) is 0 Å². The van der Waals surface area contributed by atoms with Crippen LogP contribution in [0.4, 0.5) is 0 Å². The van der Waals surface area contributed by atoms with E-state index in [1.165, 1.54) is 11.5 Å². The van der Waals surface area contributed by atoms with Crippen LogP contribution >= 0.6 is 11.8 Å². The molecule has 1 heterocycles. The first-order valence-electron chi connectivity index (χ1n) is 4.76. The van der Waals surface area contributed by atoms with Crippen molar-refractivity contribution >= 4 is 11.8 Å². The molecule has 1 saturated heterocycles. The second-order valence-corrected chi connectivity index (χ2v) is 4.70. The minimum Gasteiger partial charge on any atom is -0.394 e. The Morgan fingerprint density at radius 1 is 1.42 bits per heavy atom. The summed E-state index contributed by atoms with van der Waals surface area (Å²) in [6, 6.07) is 0. The Morgan fingerprint density at radius 2 is 2.08 bits per heavy atom. The monoisotopic (exact) mass is 189 g/mol. The molecule has 0 spiro atoms. The van der Waals surface area contributed by atoms with Gasteiger partial charge in [-0.1, -0.05) is 6.92 Å². The molecule has 0 radical (unpaired) electrons. The van der Waals surface area contributed by atoms with Gasteiger partial charge < -0.3 is 10.4 Å². The third kappa shape index (κ3) is 2.64. The Kier molecular flexibility index (Phi) is 4.40. The van der Waals surface area contributed by atoms with Crippen molar-refractivity contribution in [1.29, 1.82) is 0 Å². The Labute approximate surface area is 79.1 Å². The highest BCUT2D eigenvalue weighted by molar-refractivity contribution is 7.99. The molecule has 0 saturated carbocycles. The summed E-state index contributed by atoms with van der Waals surface area (Å²) < 4.78 is 0. The summed E-state index contributed by atoms with van der Waals surface area (Å²) in [6.45, 7) is 3.49. The van der Waals surface area contributed by atoms with Gasteiger partial charge in [0.25, 0.3) is 0 Å². The Balaban J connectivity index is 2.37. The topological polar surface area (TPSA) is 32.3 Å². The molecule has 72 valence electrons. The van der Waals surface area contributed by atoms with Gasteiger partial charge >= 0.3 is 0 Å². The highest BCUT2D eigenvalue weighted by atomic mass is 32.2. The highest BCUT2D eigenvalue weighted by Gasteiger charge is 2.30. The fourth-order valence-electron chi connectivity index (χ4n) is 1.54. The second-order valence-electron chi connectivity index (χ2n) is 3.48. The molecule has 2 nitrogen and oxygen atoms in total. The van der Waals surface area contributed by atoms with E-state index in [0.717, 1.165) is 25.8 Å². The number of rotatable bonds is 4. The summed E-state index contributed by atoms with van der Waals surface area (Å²) >= 11 is 1.99. The Hall–Kier alpha value is 0.270. The van der Waals surface area contributed by atoms with Crippen molar-refractivity contribution in [3.8, 4) is 0 Å². The molecule has 12 heavy (non-hydrogen) atoms. The summed E-state index contributed by atoms with van der Waals surface area (Å²) in [4.78, 5) is 0. The molecular weight excluding hydrogens is 170 g/mol. The molecule has 0 aromatic heterocycles. The van der Waals surface area contributed by atoms with Gasteiger partial charge in [-0.25, -0.2) is 0 Å². The molecule has 1 aliphatic heterocycles. The minimum atomic E-state index is 0.0568. The number of aliphatic hydroxyl groups is 1. The van der Waals surface area contributed by atoms with E-state index in [2.05, 4.69) is 12.2 Å². The predicted molar refractivity (Wildman–Crippen MR) is 54.7 cm³/mol. The van der Waals surface area contributed by atoms with Crippen molar-refractivity contribution in [2.75, 3.05) is 24.7 Å². The summed E-state index contributed by atoms with van der Waals surface area (Å²) in [5, 5.41) is 12.8. The van der Waals surface area contributed by atoms with Gasteiger partial charge in [-0.15, -0.1) is 0 Å². The third-order valence-corrected chi connectivity index (χ3v) is 3.49. The molecule has 0 aromatic carbocycles. The van der Waals surface area contributed by atoms with Crippen molar-refractivity contribution < 1.29 is 5.11 Å². The molecule has 1 aliphatic rings. The molecule has 0 bridgehead atoms. The van der Waals surface area contributed by atoms with Crippen LogP contribution in [0.2, 0.25) is 0 Å². The van der Waals surface area contributed by atoms with Gasteiger partial charge in [-0.05, 0) is 37.3 Å². The summed E-state index contributed by atoms with van der Waals surface area (Å²) in [7, 11) is 0. The maximum atomic E-state index is 9.30. The smallest absolute Gasteiger partial charge is 0.0613 e. The summed E-state index contributed by atoms with van der Waals surface area (Å²) in [6.07, 6.45) is 3.39. The van der Waals surface area contributed by atoms with Gasteiger partial charge in [-0.2, -0.15) is 11.8 Å². The van der Waals surface area contributed by atoms with Crippen LogP contribution in [0.5, 0.6) is 0 Å². The van der Waals surface area contributed by atoms with Crippen LogP contribution in [-0.4, -0.2) is 35.3 Å². The molecule has 1 rings (SSSR count). The number of aliphatic hydroxyl groups excluding tert-OH is 1. The van der Waals surface area contributed by atoms with Gasteiger partial charge in [0.1, 0.15) is 0 Å². The number of nitrogens with one attached hydrogen (secondary N) is 1. The highest BCUT2D eigenvalue weighted by Crippen LogP contribution is 2.26. The van der Waals surface area contributed by atoms with E-state index in [0.29, 0.717) is 6.61 Å². The van der Waals surface area contributed by atoms with E-state index in [9.17, 15) is 5.11 Å². The predicted octanol–water partition coefficient (Wildman–Crippen LogP) is 1.24. The average molecular weight is 189 g/mol. The molecule has 0 atom stereocenters. The maximum Gasteiger partial charge on any atom is 0.0613 e. The zero-order valence-electron chi connectivity index (χ0n) is 7.81. The minimum absolute atomic E-state index is 0.0568. The third-order valence-electron chi connectivity index (χ3n) is 2.50. The van der Waals surface area contributed by atoms with E-state index in [-0.39, 0.29) is 5.54 Å². The molecule has 3 heteroatoms. The lowest BCUT2D eigenvalue weighted by Crippen LogP contribution is -2.51. The zero-order valence-corrected chi connectivity index (χ0v) is 8.62. The quantitative estimate of drug-likeness (QED) is 0.698. The first-order chi connectivity index (χ1) is 5.83. The fraction of sp³-hybridized carbons (Fsp3) is 1.00. The van der Waals surface area contributed by atoms with Crippen LogP contribution < -0.4 is 5.32 Å². The molecule has 0 aliphatic carbocycles. The van der Waals surface area contributed by atoms with Crippen molar-refractivity contribution in [1.82, 2.24) is 5.32 Å². The molecule has 0 aromatic rings. The van der Waals surface area contributed by atoms with E-state index in [1.54, 1.807) is 0 Å². The van der Waals surface area contributed by atoms with Crippen LogP contribution in [0, 0.1) is 0 Å². The lowest BCUT2D eigenvalue weighted by Gasteiger charge is -2.36. The lowest BCUT2D eigenvalue weighted by atomic mass is 9.93. The second kappa shape index (κ2) is 5.10. The summed E-state index contributed by atoms with van der Waals surface area (Å²) in [5.41, 5.74) is 0.0568. The Morgan fingerprint density at radius 3 is 2.58 bits per heavy atom. The van der Waals surface area contributed by atoms with E-state index >= 15 is 0 Å². The molecule has 1 fully saturated rings. The van der Waals surface area contributed by atoms with Crippen molar-refractivity contribution in [2.24, 2.45) is 0 Å². The number of hydrogen-bond acceptors (Lipinski definition) is 3. The first kappa shape index (κ1) is 10.4. The van der Waals surface area contributed by atoms with Crippen LogP contribution in [0.15, 0.2) is 0 Å². The normalized spacial score (nSPS) is 22.5. The van der Waals surface area contributed by atoms with Crippen LogP contribution in [-0.2, 0) is 0 Å². The van der Waals surface area contributed by atoms with Crippen LogP contribution in [0.1, 0.15) is 26.2 Å². The molecule has 2 N–H and O–H groups in total. The lowest BCUT2D eigenvalue weighted by molar-refractivity contribution is 0.151. The van der Waals surface area contributed by atoms with E-state index < -0.39 is 0 Å². The maximum absolute atomic E-state index is 9.30. The molecular formula is C9H19NOS. The largest absolute Gasteiger partial charge is 0.394 e. The SMILES string of the molecule is CCCNC1(CO)CCSCC1. The van der Waals surface area contributed by atoms with Gasteiger partial charge in [0.15, 0.2) is 0 Å². The number of hydrogen-bond donors (Lipinski definition) is 2. The van der Waals surface area contributed by atoms with E-state index in [1.807, 2.05) is 11.8 Å². The molecule has 0 unspecified atom stereocenters. The standard InChI is InChI=1S/C9H19NOS/c1-2-5-10-9(8-11)3-6-12-7-4-9/h10-11H,2-8H2,1H3. The van der Waals surface area contributed by atoms with Crippen LogP contribution in [0.25, 0.3) is 0 Å². The van der Waals surface area contributed by atoms with Gasteiger partial charge in [0.2, 0.25) is 0 Å². The average Bonchev–Trinajstić information content (AvgIpc) is 2.16. The Bertz CT molecular complexity index is 124. The number of thioether (sulfide) groups is 1. The van der Waals surface area contributed by atoms with Crippen molar-refractivity contribution in [2.45, 2.75) is 31.7 Å². The first-order valence-corrected chi connectivity index (χ1v) is 5.92. The fourth-order valence-corrected chi connectivity index (χ4v) is 2.82. The summed E-state index contributed by atoms with van der Waals surface area (Å²) in [5.74, 6) is 2.38.